The van der Waals surface area contributed by atoms with Crippen LogP contribution in [0.2, 0.25) is 0 Å². The van der Waals surface area contributed by atoms with Crippen molar-refractivity contribution in [2.24, 2.45) is 5.92 Å². The minimum absolute atomic E-state index is 0.0616. The van der Waals surface area contributed by atoms with Gasteiger partial charge in [-0.05, 0) is 55.9 Å². The lowest BCUT2D eigenvalue weighted by Crippen LogP contribution is -2.34. The molecule has 1 aliphatic carbocycles. The Morgan fingerprint density at radius 1 is 1.15 bits per heavy atom. The number of aryl methyl sites for hydroxylation is 1. The summed E-state index contributed by atoms with van der Waals surface area (Å²) in [5, 5.41) is 6.09. The van der Waals surface area contributed by atoms with E-state index in [0.29, 0.717) is 11.6 Å². The van der Waals surface area contributed by atoms with Crippen LogP contribution in [0.3, 0.4) is 0 Å². The molecule has 0 heterocycles. The Morgan fingerprint density at radius 3 is 2.42 bits per heavy atom. The van der Waals surface area contributed by atoms with Crippen LogP contribution in [0.5, 0.6) is 0 Å². The lowest BCUT2D eigenvalue weighted by Gasteiger charge is -2.22. The zero-order chi connectivity index (χ0) is 19.3. The van der Waals surface area contributed by atoms with Crippen LogP contribution >= 0.6 is 0 Å². The Bertz CT molecular complexity index is 739. The molecular formula is C19H31N3O3S. The molecule has 1 fully saturated rings. The van der Waals surface area contributed by atoms with E-state index < -0.39 is 10.0 Å². The van der Waals surface area contributed by atoms with Crippen LogP contribution in [0, 0.1) is 19.8 Å². The molecule has 1 amide bonds. The van der Waals surface area contributed by atoms with E-state index in [0.717, 1.165) is 17.7 Å². The average molecular weight is 382 g/mol. The summed E-state index contributed by atoms with van der Waals surface area (Å²) >= 11 is 0. The van der Waals surface area contributed by atoms with Crippen LogP contribution in [-0.2, 0) is 14.8 Å². The Balaban J connectivity index is 2.00. The first-order valence-corrected chi connectivity index (χ1v) is 10.7. The summed E-state index contributed by atoms with van der Waals surface area (Å²) in [6.45, 7) is 4.66. The number of benzene rings is 1. The largest absolute Gasteiger partial charge is 0.376 e. The average Bonchev–Trinajstić information content (AvgIpc) is 2.61. The fourth-order valence-corrected chi connectivity index (χ4v) is 4.27. The van der Waals surface area contributed by atoms with Crippen LogP contribution < -0.4 is 10.6 Å². The smallest absolute Gasteiger partial charge is 0.242 e. The van der Waals surface area contributed by atoms with Crippen molar-refractivity contribution in [3.8, 4) is 0 Å². The van der Waals surface area contributed by atoms with Crippen LogP contribution in [0.1, 0.15) is 43.2 Å². The van der Waals surface area contributed by atoms with Crippen molar-refractivity contribution in [1.82, 2.24) is 9.62 Å². The van der Waals surface area contributed by atoms with E-state index in [1.54, 1.807) is 12.1 Å². The van der Waals surface area contributed by atoms with E-state index in [9.17, 15) is 13.2 Å². The van der Waals surface area contributed by atoms with Gasteiger partial charge in [-0.15, -0.1) is 0 Å². The summed E-state index contributed by atoms with van der Waals surface area (Å²) in [6.07, 6.45) is 6.19. The molecule has 0 atom stereocenters. The van der Waals surface area contributed by atoms with E-state index in [1.165, 1.54) is 50.5 Å². The van der Waals surface area contributed by atoms with E-state index in [4.69, 9.17) is 0 Å². The molecule has 1 saturated carbocycles. The second kappa shape index (κ2) is 8.86. The molecule has 0 saturated heterocycles. The molecule has 2 rings (SSSR count). The molecule has 26 heavy (non-hydrogen) atoms. The minimum atomic E-state index is -3.51. The van der Waals surface area contributed by atoms with Gasteiger partial charge in [0.05, 0.1) is 11.4 Å². The molecule has 0 spiro atoms. The zero-order valence-corrected chi connectivity index (χ0v) is 17.1. The number of amides is 1. The highest BCUT2D eigenvalue weighted by Crippen LogP contribution is 2.25. The SMILES string of the molecule is Cc1cc(S(=O)(=O)N(C)C)cc(NCC(=O)NCC2CCCCC2)c1C. The molecule has 2 N–H and O–H groups in total. The summed E-state index contributed by atoms with van der Waals surface area (Å²) in [5.41, 5.74) is 2.50. The van der Waals surface area contributed by atoms with Gasteiger partial charge in [0, 0.05) is 26.3 Å². The van der Waals surface area contributed by atoms with Crippen LogP contribution in [0.4, 0.5) is 5.69 Å². The second-order valence-corrected chi connectivity index (χ2v) is 9.51. The van der Waals surface area contributed by atoms with Gasteiger partial charge in [-0.3, -0.25) is 4.79 Å². The molecular weight excluding hydrogens is 350 g/mol. The van der Waals surface area contributed by atoms with Gasteiger partial charge in [-0.2, -0.15) is 0 Å². The third-order valence-electron chi connectivity index (χ3n) is 5.17. The number of hydrogen-bond acceptors (Lipinski definition) is 4. The lowest BCUT2D eigenvalue weighted by atomic mass is 9.89. The topological polar surface area (TPSA) is 78.5 Å². The third kappa shape index (κ3) is 5.20. The van der Waals surface area contributed by atoms with Gasteiger partial charge in [0.15, 0.2) is 0 Å². The van der Waals surface area contributed by atoms with Crippen molar-refractivity contribution in [3.63, 3.8) is 0 Å². The van der Waals surface area contributed by atoms with Crippen molar-refractivity contribution in [2.75, 3.05) is 32.5 Å². The van der Waals surface area contributed by atoms with E-state index in [-0.39, 0.29) is 17.3 Å². The minimum Gasteiger partial charge on any atom is -0.376 e. The number of carbonyl (C=O) groups is 1. The first-order chi connectivity index (χ1) is 12.2. The Labute approximate surface area is 157 Å². The first kappa shape index (κ1) is 20.7. The number of hydrogen-bond donors (Lipinski definition) is 2. The number of rotatable bonds is 7. The van der Waals surface area contributed by atoms with Gasteiger partial charge in [0.2, 0.25) is 15.9 Å². The molecule has 6 nitrogen and oxygen atoms in total. The van der Waals surface area contributed by atoms with Crippen LogP contribution in [0.15, 0.2) is 17.0 Å². The molecule has 146 valence electrons. The standard InChI is InChI=1S/C19H31N3O3S/c1-14-10-17(26(24,25)22(3)4)11-18(15(14)2)20-13-19(23)21-12-16-8-6-5-7-9-16/h10-11,16,20H,5-9,12-13H2,1-4H3,(H,21,23). The molecule has 1 aliphatic rings. The molecule has 1 aromatic carbocycles. The van der Waals surface area contributed by atoms with E-state index in [1.807, 2.05) is 13.8 Å². The molecule has 0 aliphatic heterocycles. The van der Waals surface area contributed by atoms with Gasteiger partial charge >= 0.3 is 0 Å². The zero-order valence-electron chi connectivity index (χ0n) is 16.3. The fraction of sp³-hybridized carbons (Fsp3) is 0.632. The van der Waals surface area contributed by atoms with Crippen molar-refractivity contribution in [2.45, 2.75) is 50.8 Å². The number of nitrogens with one attached hydrogen (secondary N) is 2. The molecule has 0 bridgehead atoms. The monoisotopic (exact) mass is 381 g/mol. The maximum Gasteiger partial charge on any atom is 0.242 e. The number of nitrogens with zero attached hydrogens (tertiary/aromatic N) is 1. The summed E-state index contributed by atoms with van der Waals surface area (Å²) in [4.78, 5) is 12.4. The second-order valence-electron chi connectivity index (χ2n) is 7.36. The van der Waals surface area contributed by atoms with Crippen molar-refractivity contribution >= 4 is 21.6 Å². The van der Waals surface area contributed by atoms with Gasteiger partial charge in [0.1, 0.15) is 0 Å². The number of sulfonamides is 1. The highest BCUT2D eigenvalue weighted by Gasteiger charge is 2.20. The van der Waals surface area contributed by atoms with Crippen LogP contribution in [-0.4, -0.2) is 45.8 Å². The van der Waals surface area contributed by atoms with E-state index >= 15 is 0 Å². The Kier molecular flexibility index (Phi) is 7.06. The third-order valence-corrected chi connectivity index (χ3v) is 6.96. The summed E-state index contributed by atoms with van der Waals surface area (Å²) < 4.78 is 26.0. The highest BCUT2D eigenvalue weighted by atomic mass is 32.2. The van der Waals surface area contributed by atoms with Crippen molar-refractivity contribution < 1.29 is 13.2 Å². The van der Waals surface area contributed by atoms with Crippen molar-refractivity contribution in [1.29, 1.82) is 0 Å². The van der Waals surface area contributed by atoms with E-state index in [2.05, 4.69) is 10.6 Å². The fourth-order valence-electron chi connectivity index (χ4n) is 3.26. The molecule has 7 heteroatoms. The lowest BCUT2D eigenvalue weighted by molar-refractivity contribution is -0.119. The number of anilines is 1. The quantitative estimate of drug-likeness (QED) is 0.761. The summed E-state index contributed by atoms with van der Waals surface area (Å²) in [7, 11) is -0.489. The molecule has 1 aromatic rings. The molecule has 0 radical (unpaired) electrons. The molecule has 0 unspecified atom stereocenters. The Hall–Kier alpha value is -1.60. The van der Waals surface area contributed by atoms with Gasteiger partial charge in [-0.25, -0.2) is 12.7 Å². The van der Waals surface area contributed by atoms with Gasteiger partial charge in [-0.1, -0.05) is 19.3 Å². The van der Waals surface area contributed by atoms with Gasteiger partial charge < -0.3 is 10.6 Å². The first-order valence-electron chi connectivity index (χ1n) is 9.26. The predicted octanol–water partition coefficient (Wildman–Crippen LogP) is 2.66. The Morgan fingerprint density at radius 2 is 1.81 bits per heavy atom. The van der Waals surface area contributed by atoms with Gasteiger partial charge in [0.25, 0.3) is 0 Å². The summed E-state index contributed by atoms with van der Waals surface area (Å²) in [6, 6.07) is 3.27. The highest BCUT2D eigenvalue weighted by molar-refractivity contribution is 7.89. The summed E-state index contributed by atoms with van der Waals surface area (Å²) in [5.74, 6) is 0.527. The molecule has 0 aromatic heterocycles. The normalized spacial score (nSPS) is 15.9. The predicted molar refractivity (Wildman–Crippen MR) is 105 cm³/mol. The maximum atomic E-state index is 12.4. The maximum absolute atomic E-state index is 12.4. The van der Waals surface area contributed by atoms with Crippen LogP contribution in [0.25, 0.3) is 0 Å². The number of carbonyl (C=O) groups excluding carboxylic acids is 1. The van der Waals surface area contributed by atoms with Crippen molar-refractivity contribution in [3.05, 3.63) is 23.3 Å².